The van der Waals surface area contributed by atoms with Gasteiger partial charge in [-0.2, -0.15) is 4.98 Å². The number of hydrogen-bond donors (Lipinski definition) is 3. The Morgan fingerprint density at radius 1 is 1.56 bits per heavy atom. The molecular weight excluding hydrogens is 496 g/mol. The number of aromatic amines is 1. The van der Waals surface area contributed by atoms with Crippen LogP contribution in [0.2, 0.25) is 0 Å². The molecule has 0 unspecified atom stereocenters. The fourth-order valence-corrected chi connectivity index (χ4v) is 5.96. The summed E-state index contributed by atoms with van der Waals surface area (Å²) in [5.74, 6) is -0.0479. The zero-order chi connectivity index (χ0) is 24.9. The monoisotopic (exact) mass is 521 g/mol. The fraction of sp³-hybridized carbons (Fsp3) is 0.667. The summed E-state index contributed by atoms with van der Waals surface area (Å²) in [6.45, 7) is 3.64. The van der Waals surface area contributed by atoms with Crippen molar-refractivity contribution in [2.24, 2.45) is 5.41 Å². The number of aromatic nitrogens is 4. The number of nitrogen functional groups attached to an aromatic ring is 1. The molecule has 2 fully saturated rings. The molecule has 4 rings (SSSR count). The SMILES string of the molecule is CC(C)(CO)C(=O)SCCO[P@]1(=O)OC[C@H]2O[C@@H](n3cnc4c(=O)[nH]c(N)nc43)[C@](C)(F)[C@@H]2O1. The Morgan fingerprint density at radius 2 is 2.29 bits per heavy atom. The van der Waals surface area contributed by atoms with Crippen molar-refractivity contribution in [1.29, 1.82) is 0 Å². The molecule has 0 amide bonds. The third kappa shape index (κ3) is 4.53. The number of halogens is 1. The lowest BCUT2D eigenvalue weighted by Crippen LogP contribution is -2.44. The Bertz CT molecular complexity index is 1200. The standard InChI is InChI=1S/C18H25FN5O8PS/c1-17(2,7-25)15(27)34-5-4-29-33(28)30-6-9-11(32-33)18(3,19)14(31-9)24-8-21-10-12(24)22-16(20)23-13(10)26/h8-9,11,14,25H,4-7H2,1-3H3,(H3,20,22,23,26)/t9-,11-,14-,18-,33-/m1/s1. The van der Waals surface area contributed by atoms with Gasteiger partial charge in [-0.1, -0.05) is 11.8 Å². The largest absolute Gasteiger partial charge is 0.475 e. The molecule has 13 nitrogen and oxygen atoms in total. The molecule has 16 heteroatoms. The number of phosphoric acid groups is 1. The molecule has 0 aliphatic carbocycles. The number of nitrogens with zero attached hydrogens (tertiary/aromatic N) is 3. The molecule has 0 aromatic carbocycles. The summed E-state index contributed by atoms with van der Waals surface area (Å²) in [5, 5.41) is 8.99. The number of imidazole rings is 1. The van der Waals surface area contributed by atoms with Crippen LogP contribution < -0.4 is 11.3 Å². The number of carbonyl (C=O) groups is 1. The average Bonchev–Trinajstić information content (AvgIpc) is 3.29. The van der Waals surface area contributed by atoms with E-state index in [1.807, 2.05) is 0 Å². The van der Waals surface area contributed by atoms with Gasteiger partial charge in [-0.05, 0) is 20.8 Å². The van der Waals surface area contributed by atoms with E-state index in [9.17, 15) is 19.3 Å². The number of aliphatic hydroxyl groups excluding tert-OH is 1. The topological polar surface area (TPSA) is 181 Å². The van der Waals surface area contributed by atoms with Crippen molar-refractivity contribution >= 4 is 41.8 Å². The average molecular weight is 521 g/mol. The van der Waals surface area contributed by atoms with Crippen LogP contribution >= 0.6 is 19.6 Å². The summed E-state index contributed by atoms with van der Waals surface area (Å²) < 4.78 is 51.8. The van der Waals surface area contributed by atoms with Gasteiger partial charge in [0.1, 0.15) is 12.2 Å². The first-order chi connectivity index (χ1) is 15.9. The minimum atomic E-state index is -4.15. The number of rotatable bonds is 7. The first-order valence-electron chi connectivity index (χ1n) is 10.3. The molecule has 2 aromatic heterocycles. The van der Waals surface area contributed by atoms with E-state index < -0.39 is 42.9 Å². The lowest BCUT2D eigenvalue weighted by atomic mass is 9.97. The first-order valence-corrected chi connectivity index (χ1v) is 12.7. The number of alkyl halides is 1. The number of H-pyrrole nitrogens is 1. The van der Waals surface area contributed by atoms with Crippen LogP contribution in [0.4, 0.5) is 10.3 Å². The third-order valence-corrected chi connectivity index (χ3v) is 8.17. The number of phosphoric ester groups is 1. The molecule has 2 saturated heterocycles. The van der Waals surface area contributed by atoms with Crippen LogP contribution in [0, 0.1) is 5.41 Å². The lowest BCUT2D eigenvalue weighted by molar-refractivity contribution is -0.119. The van der Waals surface area contributed by atoms with Gasteiger partial charge >= 0.3 is 7.82 Å². The van der Waals surface area contributed by atoms with Crippen molar-refractivity contribution in [3.05, 3.63) is 16.7 Å². The zero-order valence-electron chi connectivity index (χ0n) is 18.6. The van der Waals surface area contributed by atoms with Gasteiger partial charge < -0.3 is 15.6 Å². The summed E-state index contributed by atoms with van der Waals surface area (Å²) in [6.07, 6.45) is -2.38. The zero-order valence-corrected chi connectivity index (χ0v) is 20.3. The van der Waals surface area contributed by atoms with Gasteiger partial charge in [0.25, 0.3) is 5.56 Å². The number of fused-ring (bicyclic) bond motifs is 2. The summed E-state index contributed by atoms with van der Waals surface area (Å²) in [5.41, 5.74) is 1.82. The van der Waals surface area contributed by atoms with Crippen LogP contribution in [-0.2, 0) is 27.7 Å². The van der Waals surface area contributed by atoms with E-state index in [2.05, 4.69) is 15.0 Å². The van der Waals surface area contributed by atoms with E-state index in [0.717, 1.165) is 11.8 Å². The number of thioether (sulfide) groups is 1. The highest BCUT2D eigenvalue weighted by atomic mass is 32.2. The molecule has 2 aromatic rings. The van der Waals surface area contributed by atoms with E-state index in [1.165, 1.54) is 17.8 Å². The number of hydrogen-bond acceptors (Lipinski definition) is 12. The maximum absolute atomic E-state index is 16.0. The van der Waals surface area contributed by atoms with Gasteiger partial charge in [0.05, 0.1) is 31.6 Å². The Morgan fingerprint density at radius 3 is 3.00 bits per heavy atom. The predicted molar refractivity (Wildman–Crippen MR) is 119 cm³/mol. The van der Waals surface area contributed by atoms with Gasteiger partial charge in [0.2, 0.25) is 5.95 Å². The number of ether oxygens (including phenoxy) is 1. The summed E-state index contributed by atoms with van der Waals surface area (Å²) in [4.78, 5) is 34.4. The highest BCUT2D eigenvalue weighted by Gasteiger charge is 2.61. The van der Waals surface area contributed by atoms with Crippen LogP contribution in [0.1, 0.15) is 27.0 Å². The van der Waals surface area contributed by atoms with Crippen LogP contribution in [0.5, 0.6) is 0 Å². The van der Waals surface area contributed by atoms with Crippen molar-refractivity contribution in [2.45, 2.75) is 44.9 Å². The van der Waals surface area contributed by atoms with Gasteiger partial charge in [-0.25, -0.2) is 13.9 Å². The molecule has 188 valence electrons. The Labute approximate surface area is 197 Å². The second kappa shape index (κ2) is 8.97. The Kier molecular flexibility index (Phi) is 6.66. The third-order valence-electron chi connectivity index (χ3n) is 5.54. The van der Waals surface area contributed by atoms with E-state index in [1.54, 1.807) is 13.8 Å². The molecule has 4 N–H and O–H groups in total. The van der Waals surface area contributed by atoms with Gasteiger partial charge in [-0.3, -0.25) is 32.7 Å². The molecule has 2 aliphatic heterocycles. The maximum atomic E-state index is 16.0. The normalized spacial score (nSPS) is 31.6. The van der Waals surface area contributed by atoms with E-state index >= 15 is 4.39 Å². The first kappa shape index (κ1) is 25.2. The van der Waals surface area contributed by atoms with Crippen LogP contribution in [-0.4, -0.2) is 73.2 Å². The molecule has 5 atom stereocenters. The highest BCUT2D eigenvalue weighted by molar-refractivity contribution is 8.13. The number of aliphatic hydroxyl groups is 1. The molecular formula is C18H25FN5O8PS. The van der Waals surface area contributed by atoms with Crippen molar-refractivity contribution in [3.63, 3.8) is 0 Å². The second-order valence-corrected chi connectivity index (χ2v) is 11.4. The van der Waals surface area contributed by atoms with Crippen molar-refractivity contribution in [2.75, 3.05) is 31.3 Å². The minimum Gasteiger partial charge on any atom is -0.395 e. The van der Waals surface area contributed by atoms with Gasteiger partial charge in [0, 0.05) is 5.75 Å². The van der Waals surface area contributed by atoms with E-state index in [-0.39, 0.29) is 47.8 Å². The number of nitrogens with two attached hydrogens (primary N) is 1. The number of anilines is 1. The molecule has 2 aliphatic rings. The van der Waals surface area contributed by atoms with Crippen LogP contribution in [0.15, 0.2) is 11.1 Å². The Balaban J connectivity index is 1.45. The fourth-order valence-electron chi connectivity index (χ4n) is 3.57. The van der Waals surface area contributed by atoms with Crippen molar-refractivity contribution < 1.29 is 37.2 Å². The predicted octanol–water partition coefficient (Wildman–Crippen LogP) is 1.15. The van der Waals surface area contributed by atoms with Crippen LogP contribution in [0.3, 0.4) is 0 Å². The molecule has 4 heterocycles. The molecule has 0 bridgehead atoms. The van der Waals surface area contributed by atoms with Crippen LogP contribution in [0.25, 0.3) is 11.2 Å². The lowest BCUT2D eigenvalue weighted by Gasteiger charge is -2.33. The maximum Gasteiger partial charge on any atom is 0.475 e. The molecule has 0 saturated carbocycles. The summed E-state index contributed by atoms with van der Waals surface area (Å²) in [6, 6.07) is 0. The van der Waals surface area contributed by atoms with E-state index in [4.69, 9.17) is 24.0 Å². The summed E-state index contributed by atoms with van der Waals surface area (Å²) in [7, 11) is -4.15. The summed E-state index contributed by atoms with van der Waals surface area (Å²) >= 11 is 0.906. The van der Waals surface area contributed by atoms with Gasteiger partial charge in [0.15, 0.2) is 28.2 Å². The smallest absolute Gasteiger partial charge is 0.395 e. The highest BCUT2D eigenvalue weighted by Crippen LogP contribution is 2.59. The van der Waals surface area contributed by atoms with Crippen molar-refractivity contribution in [3.8, 4) is 0 Å². The minimum absolute atomic E-state index is 0.0154. The Hall–Kier alpha value is -1.87. The van der Waals surface area contributed by atoms with Crippen molar-refractivity contribution in [1.82, 2.24) is 19.5 Å². The second-order valence-electron chi connectivity index (χ2n) is 8.73. The van der Waals surface area contributed by atoms with Gasteiger partial charge in [-0.15, -0.1) is 0 Å². The quantitative estimate of drug-likeness (QED) is 0.350. The van der Waals surface area contributed by atoms with E-state index in [0.29, 0.717) is 0 Å². The molecule has 0 spiro atoms. The number of nitrogens with one attached hydrogen (secondary N) is 1. The molecule has 0 radical (unpaired) electrons. The number of carbonyl (C=O) groups excluding carboxylic acids is 1. The molecule has 34 heavy (non-hydrogen) atoms.